The zero-order chi connectivity index (χ0) is 54.3. The average molecular weight is 1040 g/mol. The van der Waals surface area contributed by atoms with Crippen LogP contribution in [0.15, 0.2) is 122 Å². The van der Waals surface area contributed by atoms with Crippen molar-refractivity contribution in [3.63, 3.8) is 0 Å². The van der Waals surface area contributed by atoms with E-state index in [1.807, 2.05) is 0 Å². The molecule has 0 aliphatic heterocycles. The Balaban J connectivity index is 4.41. The SMILES string of the molecule is CC/C=C\C/C=C\C/C=C\C/C=C\C/C=C\CCCCCCCCCC(=O)OCC(COC(=O)CCCCC/C=C\C/C=C\C/C=C\CC)OC(=O)CCCCCCCCCCC/C=C\C/C=C\CCCCCCC. The molecular weight excluding hydrogens is 925 g/mol. The van der Waals surface area contributed by atoms with Crippen molar-refractivity contribution in [2.75, 3.05) is 13.2 Å². The number of esters is 3. The second-order valence-corrected chi connectivity index (χ2v) is 20.2. The first-order valence-corrected chi connectivity index (χ1v) is 31.0. The molecule has 0 saturated heterocycles. The summed E-state index contributed by atoms with van der Waals surface area (Å²) in [6.07, 6.45) is 86.3. The average Bonchev–Trinajstić information content (AvgIpc) is 3.41. The molecule has 1 unspecified atom stereocenters. The minimum atomic E-state index is -0.802. The monoisotopic (exact) mass is 1040 g/mol. The summed E-state index contributed by atoms with van der Waals surface area (Å²) >= 11 is 0. The van der Waals surface area contributed by atoms with Crippen LogP contribution in [0, 0.1) is 0 Å². The number of unbranched alkanes of at least 4 members (excludes halogenated alkanes) is 24. The van der Waals surface area contributed by atoms with E-state index in [1.165, 1.54) is 109 Å². The van der Waals surface area contributed by atoms with Crippen LogP contribution >= 0.6 is 0 Å². The Morgan fingerprint density at radius 1 is 0.280 bits per heavy atom. The van der Waals surface area contributed by atoms with Gasteiger partial charge in [-0.15, -0.1) is 0 Å². The van der Waals surface area contributed by atoms with Gasteiger partial charge in [0.15, 0.2) is 6.10 Å². The number of carbonyl (C=O) groups is 3. The summed E-state index contributed by atoms with van der Waals surface area (Å²) in [7, 11) is 0. The molecule has 0 heterocycles. The highest BCUT2D eigenvalue weighted by atomic mass is 16.6. The van der Waals surface area contributed by atoms with Crippen molar-refractivity contribution in [3.8, 4) is 0 Å². The molecule has 0 aliphatic rings. The van der Waals surface area contributed by atoms with Crippen molar-refractivity contribution < 1.29 is 28.6 Å². The Hall–Kier alpha value is -4.19. The first-order valence-electron chi connectivity index (χ1n) is 31.0. The predicted molar refractivity (Wildman–Crippen MR) is 325 cm³/mol. The Bertz CT molecular complexity index is 1570. The normalized spacial score (nSPS) is 12.9. The number of rotatable bonds is 55. The maximum absolute atomic E-state index is 12.9. The zero-order valence-electron chi connectivity index (χ0n) is 48.8. The van der Waals surface area contributed by atoms with E-state index in [0.717, 1.165) is 128 Å². The maximum Gasteiger partial charge on any atom is 0.306 e. The van der Waals surface area contributed by atoms with Crippen molar-refractivity contribution in [2.24, 2.45) is 0 Å². The van der Waals surface area contributed by atoms with Crippen LogP contribution in [0.25, 0.3) is 0 Å². The fourth-order valence-corrected chi connectivity index (χ4v) is 8.34. The van der Waals surface area contributed by atoms with E-state index in [0.29, 0.717) is 19.3 Å². The number of hydrogen-bond acceptors (Lipinski definition) is 6. The first-order chi connectivity index (χ1) is 37.0. The molecule has 0 N–H and O–H groups in total. The van der Waals surface area contributed by atoms with Gasteiger partial charge in [0.1, 0.15) is 13.2 Å². The topological polar surface area (TPSA) is 78.9 Å². The van der Waals surface area contributed by atoms with Crippen molar-refractivity contribution in [2.45, 2.75) is 284 Å². The van der Waals surface area contributed by atoms with Crippen molar-refractivity contribution >= 4 is 17.9 Å². The van der Waals surface area contributed by atoms with Gasteiger partial charge in [0, 0.05) is 19.3 Å². The lowest BCUT2D eigenvalue weighted by atomic mass is 10.1. The molecule has 0 radical (unpaired) electrons. The lowest BCUT2D eigenvalue weighted by Gasteiger charge is -2.18. The molecule has 0 bridgehead atoms. The molecule has 0 fully saturated rings. The molecule has 1 atom stereocenters. The third-order valence-electron chi connectivity index (χ3n) is 12.9. The predicted octanol–water partition coefficient (Wildman–Crippen LogP) is 21.2. The standard InChI is InChI=1S/C69H114O6/c1-4-7-10-13-16-19-22-25-27-29-31-33-34-36-37-39-41-44-47-50-53-56-59-62-68(71)74-65-66(64-73-67(70)61-58-55-52-49-46-43-24-21-18-15-12-9-6-3)75-69(72)63-60-57-54-51-48-45-42-40-38-35-32-30-28-26-23-20-17-14-11-8-5-2/h7,9-10,12,16,18-19,21,23,25-27,30-33,36-37,43,46,66H,4-6,8,11,13-15,17,20,22,24,28-29,34-35,38-42,44-45,47-65H2,1-3H3/b10-7-,12-9-,19-16-,21-18-,26-23-,27-25-,32-30-,33-31-,37-36-,46-43-. The van der Waals surface area contributed by atoms with E-state index in [9.17, 15) is 14.4 Å². The van der Waals surface area contributed by atoms with Gasteiger partial charge in [-0.05, 0) is 128 Å². The Labute approximate surface area is 462 Å². The van der Waals surface area contributed by atoms with Gasteiger partial charge in [-0.1, -0.05) is 251 Å². The third kappa shape index (κ3) is 60.6. The molecule has 0 saturated carbocycles. The van der Waals surface area contributed by atoms with Crippen LogP contribution in [0.3, 0.4) is 0 Å². The van der Waals surface area contributed by atoms with Crippen LogP contribution in [0.1, 0.15) is 278 Å². The number of carbonyl (C=O) groups excluding carboxylic acids is 3. The van der Waals surface area contributed by atoms with E-state index in [4.69, 9.17) is 14.2 Å². The van der Waals surface area contributed by atoms with Crippen LogP contribution in [-0.2, 0) is 28.6 Å². The molecule has 6 heteroatoms. The smallest absolute Gasteiger partial charge is 0.306 e. The fourth-order valence-electron chi connectivity index (χ4n) is 8.34. The number of hydrogen-bond donors (Lipinski definition) is 0. The highest BCUT2D eigenvalue weighted by Gasteiger charge is 2.19. The van der Waals surface area contributed by atoms with Gasteiger partial charge in [0.2, 0.25) is 0 Å². The van der Waals surface area contributed by atoms with Crippen molar-refractivity contribution in [1.82, 2.24) is 0 Å². The number of ether oxygens (including phenoxy) is 3. The summed E-state index contributed by atoms with van der Waals surface area (Å²) in [5.41, 5.74) is 0. The molecule has 0 aliphatic carbocycles. The summed E-state index contributed by atoms with van der Waals surface area (Å²) in [5, 5.41) is 0. The summed E-state index contributed by atoms with van der Waals surface area (Å²) < 4.78 is 16.9. The molecule has 75 heavy (non-hydrogen) atoms. The maximum atomic E-state index is 12.9. The lowest BCUT2D eigenvalue weighted by Crippen LogP contribution is -2.30. The molecule has 0 amide bonds. The Morgan fingerprint density at radius 3 is 0.827 bits per heavy atom. The molecule has 426 valence electrons. The third-order valence-corrected chi connectivity index (χ3v) is 12.9. The van der Waals surface area contributed by atoms with Gasteiger partial charge < -0.3 is 14.2 Å². The molecule has 0 rings (SSSR count). The summed E-state index contributed by atoms with van der Waals surface area (Å²) in [6, 6.07) is 0. The summed E-state index contributed by atoms with van der Waals surface area (Å²) in [5.74, 6) is -0.939. The minimum Gasteiger partial charge on any atom is -0.462 e. The quantitative estimate of drug-likeness (QED) is 0.0261. The molecule has 6 nitrogen and oxygen atoms in total. The van der Waals surface area contributed by atoms with Gasteiger partial charge in [-0.3, -0.25) is 14.4 Å². The zero-order valence-corrected chi connectivity index (χ0v) is 48.8. The summed E-state index contributed by atoms with van der Waals surface area (Å²) in [6.45, 7) is 6.37. The van der Waals surface area contributed by atoms with Gasteiger partial charge in [0.25, 0.3) is 0 Å². The second-order valence-electron chi connectivity index (χ2n) is 20.2. The largest absolute Gasteiger partial charge is 0.462 e. The van der Waals surface area contributed by atoms with Crippen LogP contribution < -0.4 is 0 Å². The van der Waals surface area contributed by atoms with Gasteiger partial charge in [-0.25, -0.2) is 0 Å². The Kier molecular flexibility index (Phi) is 58.9. The Morgan fingerprint density at radius 2 is 0.520 bits per heavy atom. The van der Waals surface area contributed by atoms with E-state index < -0.39 is 6.10 Å². The number of allylic oxidation sites excluding steroid dienone is 20. The molecule has 0 aromatic carbocycles. The van der Waals surface area contributed by atoms with Crippen molar-refractivity contribution in [1.29, 1.82) is 0 Å². The van der Waals surface area contributed by atoms with Gasteiger partial charge in [-0.2, -0.15) is 0 Å². The van der Waals surface area contributed by atoms with Crippen LogP contribution in [0.5, 0.6) is 0 Å². The van der Waals surface area contributed by atoms with E-state index in [2.05, 4.69) is 142 Å². The summed E-state index contributed by atoms with van der Waals surface area (Å²) in [4.78, 5) is 38.3. The van der Waals surface area contributed by atoms with Gasteiger partial charge in [0.05, 0.1) is 0 Å². The molecular formula is C69H114O6. The lowest BCUT2D eigenvalue weighted by molar-refractivity contribution is -0.167. The van der Waals surface area contributed by atoms with Gasteiger partial charge >= 0.3 is 17.9 Å². The van der Waals surface area contributed by atoms with Crippen LogP contribution in [0.2, 0.25) is 0 Å². The first kappa shape index (κ1) is 70.8. The van der Waals surface area contributed by atoms with E-state index >= 15 is 0 Å². The molecule has 0 aromatic rings. The highest BCUT2D eigenvalue weighted by Crippen LogP contribution is 2.15. The fraction of sp³-hybridized carbons (Fsp3) is 0.667. The van der Waals surface area contributed by atoms with E-state index in [-0.39, 0.29) is 31.1 Å². The van der Waals surface area contributed by atoms with Crippen LogP contribution in [-0.4, -0.2) is 37.2 Å². The van der Waals surface area contributed by atoms with Crippen LogP contribution in [0.4, 0.5) is 0 Å². The molecule has 0 aromatic heterocycles. The minimum absolute atomic E-state index is 0.0976. The van der Waals surface area contributed by atoms with E-state index in [1.54, 1.807) is 0 Å². The van der Waals surface area contributed by atoms with Crippen molar-refractivity contribution in [3.05, 3.63) is 122 Å². The molecule has 0 spiro atoms. The second kappa shape index (κ2) is 62.4. The highest BCUT2D eigenvalue weighted by molar-refractivity contribution is 5.71.